The summed E-state index contributed by atoms with van der Waals surface area (Å²) in [6.07, 6.45) is 1.62. The average Bonchev–Trinajstić information content (AvgIpc) is 2.91. The molecule has 7 nitrogen and oxygen atoms in total. The van der Waals surface area contributed by atoms with Crippen LogP contribution in [0, 0.1) is 12.7 Å². The van der Waals surface area contributed by atoms with Gasteiger partial charge in [-0.1, -0.05) is 72.4 Å². The number of nitrogens with one attached hydrogen (secondary N) is 1. The lowest BCUT2D eigenvalue weighted by atomic mass is 10.1. The molecule has 214 valence electrons. The number of para-hydroxylation sites is 1. The summed E-state index contributed by atoms with van der Waals surface area (Å²) in [4.78, 5) is 28.0. The Labute approximate surface area is 244 Å². The molecule has 1 atom stereocenters. The van der Waals surface area contributed by atoms with Crippen LogP contribution in [0.3, 0.4) is 0 Å². The second-order valence-electron chi connectivity index (χ2n) is 9.35. The minimum Gasteiger partial charge on any atom is -0.354 e. The fourth-order valence-corrected chi connectivity index (χ4v) is 5.85. The highest BCUT2D eigenvalue weighted by molar-refractivity contribution is 7.92. The first-order chi connectivity index (χ1) is 18.9. The molecule has 3 aromatic carbocycles. The van der Waals surface area contributed by atoms with Crippen molar-refractivity contribution in [3.63, 3.8) is 0 Å². The molecule has 0 heterocycles. The summed E-state index contributed by atoms with van der Waals surface area (Å²) in [5, 5.41) is 3.48. The van der Waals surface area contributed by atoms with Gasteiger partial charge in [-0.15, -0.1) is 0 Å². The van der Waals surface area contributed by atoms with E-state index in [0.29, 0.717) is 17.1 Å². The zero-order valence-corrected chi connectivity index (χ0v) is 24.9. The van der Waals surface area contributed by atoms with Crippen LogP contribution in [0.4, 0.5) is 10.1 Å². The molecule has 0 spiro atoms. The number of nitrogens with zero attached hydrogens (tertiary/aromatic N) is 2. The maximum atomic E-state index is 15.0. The van der Waals surface area contributed by atoms with Gasteiger partial charge in [-0.3, -0.25) is 13.9 Å². The summed E-state index contributed by atoms with van der Waals surface area (Å²) in [6.45, 7) is 4.90. The van der Waals surface area contributed by atoms with Gasteiger partial charge >= 0.3 is 0 Å². The van der Waals surface area contributed by atoms with Gasteiger partial charge in [0, 0.05) is 23.1 Å². The lowest BCUT2D eigenvalue weighted by Crippen LogP contribution is -2.51. The number of sulfonamides is 1. The maximum absolute atomic E-state index is 15.0. The zero-order valence-electron chi connectivity index (χ0n) is 22.5. The molecule has 11 heteroatoms. The molecule has 3 rings (SSSR count). The molecule has 0 saturated heterocycles. The lowest BCUT2D eigenvalue weighted by molar-refractivity contribution is -0.139. The largest absolute Gasteiger partial charge is 0.354 e. The molecule has 0 aliphatic rings. The van der Waals surface area contributed by atoms with Gasteiger partial charge in [-0.2, -0.15) is 0 Å². The first-order valence-corrected chi connectivity index (χ1v) is 15.0. The average molecular weight is 609 g/mol. The van der Waals surface area contributed by atoms with Gasteiger partial charge in [0.25, 0.3) is 10.0 Å². The minimum atomic E-state index is -4.37. The number of carbonyl (C=O) groups excluding carboxylic acids is 2. The monoisotopic (exact) mass is 607 g/mol. The topological polar surface area (TPSA) is 86.8 Å². The molecule has 0 fully saturated rings. The first kappa shape index (κ1) is 31.4. The van der Waals surface area contributed by atoms with Gasteiger partial charge in [0.05, 0.1) is 10.6 Å². The summed E-state index contributed by atoms with van der Waals surface area (Å²) in [7, 11) is -4.37. The Hall–Kier alpha value is -3.14. The van der Waals surface area contributed by atoms with Gasteiger partial charge in [-0.25, -0.2) is 12.8 Å². The Morgan fingerprint density at radius 1 is 1.02 bits per heavy atom. The van der Waals surface area contributed by atoms with E-state index >= 15 is 0 Å². The summed E-state index contributed by atoms with van der Waals surface area (Å²) in [6, 6.07) is 15.1. The van der Waals surface area contributed by atoms with Gasteiger partial charge in [0.2, 0.25) is 11.8 Å². The number of unbranched alkanes of at least 4 members (excludes halogenated alkanes) is 1. The first-order valence-electron chi connectivity index (χ1n) is 12.8. The number of halogens is 3. The Morgan fingerprint density at radius 3 is 2.33 bits per heavy atom. The van der Waals surface area contributed by atoms with Crippen molar-refractivity contribution < 1.29 is 22.4 Å². The normalized spacial score (nSPS) is 12.1. The Bertz CT molecular complexity index is 1450. The van der Waals surface area contributed by atoms with Gasteiger partial charge in [-0.05, 0) is 62.2 Å². The van der Waals surface area contributed by atoms with Crippen LogP contribution < -0.4 is 9.62 Å². The van der Waals surface area contributed by atoms with E-state index in [9.17, 15) is 22.4 Å². The molecule has 2 amide bonds. The molecular weight excluding hydrogens is 576 g/mol. The van der Waals surface area contributed by atoms with Crippen molar-refractivity contribution in [3.8, 4) is 0 Å². The highest BCUT2D eigenvalue weighted by Crippen LogP contribution is 2.28. The van der Waals surface area contributed by atoms with Crippen LogP contribution >= 0.6 is 23.2 Å². The van der Waals surface area contributed by atoms with Crippen molar-refractivity contribution in [1.82, 2.24) is 10.2 Å². The van der Waals surface area contributed by atoms with Crippen LogP contribution in [0.1, 0.15) is 37.8 Å². The smallest absolute Gasteiger partial charge is 0.264 e. The van der Waals surface area contributed by atoms with E-state index in [1.807, 2.05) is 6.92 Å². The lowest BCUT2D eigenvalue weighted by Gasteiger charge is -2.32. The van der Waals surface area contributed by atoms with Crippen LogP contribution in [0.15, 0.2) is 71.6 Å². The number of amides is 2. The van der Waals surface area contributed by atoms with E-state index in [1.54, 1.807) is 38.1 Å². The molecule has 0 radical (unpaired) electrons. The van der Waals surface area contributed by atoms with E-state index in [-0.39, 0.29) is 22.2 Å². The SMILES string of the molecule is CCCCNC(=O)[C@@H](C)N(Cc1ccc(Cl)cc1Cl)C(=O)CN(c1ccccc1F)S(=O)(=O)c1ccc(C)cc1. The summed E-state index contributed by atoms with van der Waals surface area (Å²) >= 11 is 12.4. The number of aryl methyl sites for hydroxylation is 1. The molecule has 3 aromatic rings. The molecule has 1 N–H and O–H groups in total. The number of hydrogen-bond donors (Lipinski definition) is 1. The highest BCUT2D eigenvalue weighted by Gasteiger charge is 2.33. The van der Waals surface area contributed by atoms with E-state index in [2.05, 4.69) is 5.32 Å². The number of carbonyl (C=O) groups is 2. The van der Waals surface area contributed by atoms with Crippen molar-refractivity contribution in [3.05, 3.63) is 93.7 Å². The van der Waals surface area contributed by atoms with Crippen molar-refractivity contribution in [2.45, 2.75) is 51.1 Å². The van der Waals surface area contributed by atoms with Crippen molar-refractivity contribution in [1.29, 1.82) is 0 Å². The Kier molecular flexibility index (Phi) is 11.0. The van der Waals surface area contributed by atoms with Crippen molar-refractivity contribution in [2.75, 3.05) is 17.4 Å². The van der Waals surface area contributed by atoms with E-state index in [4.69, 9.17) is 23.2 Å². The molecule has 0 bridgehead atoms. The van der Waals surface area contributed by atoms with E-state index < -0.39 is 40.2 Å². The molecule has 0 saturated carbocycles. The maximum Gasteiger partial charge on any atom is 0.264 e. The molecule has 0 aromatic heterocycles. The van der Waals surface area contributed by atoms with Crippen LogP contribution in [0.2, 0.25) is 10.0 Å². The summed E-state index contributed by atoms with van der Waals surface area (Å²) in [5.74, 6) is -1.95. The second kappa shape index (κ2) is 14.0. The predicted octanol–water partition coefficient (Wildman–Crippen LogP) is 5.97. The quantitative estimate of drug-likeness (QED) is 0.257. The predicted molar refractivity (Wildman–Crippen MR) is 157 cm³/mol. The number of hydrogen-bond acceptors (Lipinski definition) is 4. The standard InChI is InChI=1S/C29H32Cl2FN3O4S/c1-4-5-16-33-29(37)21(3)34(18-22-12-13-23(30)17-25(22)31)28(36)19-35(27-9-7-6-8-26(27)32)40(38,39)24-14-10-20(2)11-15-24/h6-15,17,21H,4-5,16,18-19H2,1-3H3,(H,33,37)/t21-/m1/s1. The van der Waals surface area contributed by atoms with Crippen LogP contribution in [0.5, 0.6) is 0 Å². The Morgan fingerprint density at radius 2 is 1.70 bits per heavy atom. The zero-order chi connectivity index (χ0) is 29.4. The van der Waals surface area contributed by atoms with Crippen LogP contribution in [0.25, 0.3) is 0 Å². The summed E-state index contributed by atoms with van der Waals surface area (Å²) < 4.78 is 43.2. The number of anilines is 1. The third-order valence-electron chi connectivity index (χ3n) is 6.36. The van der Waals surface area contributed by atoms with Crippen molar-refractivity contribution in [2.24, 2.45) is 0 Å². The third kappa shape index (κ3) is 7.74. The molecule has 0 unspecified atom stereocenters. The van der Waals surface area contributed by atoms with Crippen LogP contribution in [-0.2, 0) is 26.2 Å². The van der Waals surface area contributed by atoms with Gasteiger partial charge < -0.3 is 10.2 Å². The third-order valence-corrected chi connectivity index (χ3v) is 8.72. The highest BCUT2D eigenvalue weighted by atomic mass is 35.5. The van der Waals surface area contributed by atoms with E-state index in [0.717, 1.165) is 28.8 Å². The van der Waals surface area contributed by atoms with E-state index in [1.165, 1.54) is 41.3 Å². The molecule has 0 aliphatic carbocycles. The number of rotatable bonds is 12. The summed E-state index contributed by atoms with van der Waals surface area (Å²) in [5.41, 5.74) is 1.05. The van der Waals surface area contributed by atoms with Gasteiger partial charge in [0.15, 0.2) is 0 Å². The van der Waals surface area contributed by atoms with Crippen LogP contribution in [-0.4, -0.2) is 44.3 Å². The number of benzene rings is 3. The molecule has 40 heavy (non-hydrogen) atoms. The van der Waals surface area contributed by atoms with Crippen molar-refractivity contribution >= 4 is 50.7 Å². The Balaban J connectivity index is 2.03. The fraction of sp³-hybridized carbons (Fsp3) is 0.310. The minimum absolute atomic E-state index is 0.104. The molecule has 0 aliphatic heterocycles. The fourth-order valence-electron chi connectivity index (χ4n) is 3.96. The molecular formula is C29H32Cl2FN3O4S. The van der Waals surface area contributed by atoms with Gasteiger partial charge in [0.1, 0.15) is 18.4 Å². The second-order valence-corrected chi connectivity index (χ2v) is 12.1.